The number of pyridine rings is 1. The summed E-state index contributed by atoms with van der Waals surface area (Å²) in [6, 6.07) is 25.4. The minimum atomic E-state index is -0.723. The van der Waals surface area contributed by atoms with Gasteiger partial charge >= 0.3 is 11.9 Å². The number of hydrogen-bond acceptors (Lipinski definition) is 5. The third-order valence-corrected chi connectivity index (χ3v) is 5.46. The summed E-state index contributed by atoms with van der Waals surface area (Å²) in [6.07, 6.45) is 1.39. The molecule has 176 valence electrons. The van der Waals surface area contributed by atoms with E-state index in [1.54, 1.807) is 36.6 Å². The van der Waals surface area contributed by atoms with Crippen molar-refractivity contribution in [1.82, 2.24) is 4.57 Å². The molecule has 0 amide bonds. The monoisotopic (exact) mass is 467 g/mol. The summed E-state index contributed by atoms with van der Waals surface area (Å²) in [7, 11) is 0. The quantitative estimate of drug-likeness (QED) is 0.272. The second-order valence-electron chi connectivity index (χ2n) is 7.64. The van der Waals surface area contributed by atoms with E-state index < -0.39 is 17.4 Å². The van der Waals surface area contributed by atoms with Crippen molar-refractivity contribution < 1.29 is 19.1 Å². The van der Waals surface area contributed by atoms with Gasteiger partial charge in [0.05, 0.1) is 30.1 Å². The summed E-state index contributed by atoms with van der Waals surface area (Å²) < 4.78 is 12.3. The highest BCUT2D eigenvalue weighted by atomic mass is 16.5. The molecule has 4 aromatic rings. The Balaban J connectivity index is 2.23. The molecule has 0 spiro atoms. The van der Waals surface area contributed by atoms with Crippen molar-refractivity contribution in [3.05, 3.63) is 112 Å². The maximum absolute atomic E-state index is 13.6. The van der Waals surface area contributed by atoms with Gasteiger partial charge in [0.2, 0.25) is 5.43 Å². The zero-order valence-corrected chi connectivity index (χ0v) is 19.6. The van der Waals surface area contributed by atoms with Gasteiger partial charge in [-0.05, 0) is 37.1 Å². The molecule has 0 saturated heterocycles. The van der Waals surface area contributed by atoms with E-state index in [0.717, 1.165) is 0 Å². The lowest BCUT2D eigenvalue weighted by Gasteiger charge is -2.23. The molecule has 4 rings (SSSR count). The molecule has 0 fully saturated rings. The van der Waals surface area contributed by atoms with E-state index in [4.69, 9.17) is 9.47 Å². The number of aromatic nitrogens is 1. The van der Waals surface area contributed by atoms with Gasteiger partial charge in [0.25, 0.3) is 0 Å². The number of carbonyl (C=O) groups excluding carboxylic acids is 2. The van der Waals surface area contributed by atoms with Gasteiger partial charge in [-0.15, -0.1) is 0 Å². The number of nitrogens with zero attached hydrogens (tertiary/aromatic N) is 1. The number of rotatable bonds is 7. The van der Waals surface area contributed by atoms with Crippen molar-refractivity contribution in [2.24, 2.45) is 0 Å². The van der Waals surface area contributed by atoms with Crippen molar-refractivity contribution in [2.45, 2.75) is 13.8 Å². The van der Waals surface area contributed by atoms with Crippen LogP contribution in [-0.4, -0.2) is 29.7 Å². The normalized spacial score (nSPS) is 11.3. The Morgan fingerprint density at radius 2 is 1.40 bits per heavy atom. The topological polar surface area (TPSA) is 74.6 Å². The summed E-state index contributed by atoms with van der Waals surface area (Å²) >= 11 is 0. The molecule has 6 nitrogen and oxygen atoms in total. The number of carbonyl (C=O) groups is 2. The first-order valence-electron chi connectivity index (χ1n) is 11.4. The summed E-state index contributed by atoms with van der Waals surface area (Å²) in [6.45, 7) is 3.75. The fourth-order valence-corrected chi connectivity index (χ4v) is 4.03. The Kier molecular flexibility index (Phi) is 7.21. The Bertz CT molecular complexity index is 1450. The van der Waals surface area contributed by atoms with Crippen LogP contribution >= 0.6 is 0 Å². The van der Waals surface area contributed by atoms with Crippen LogP contribution in [0.1, 0.15) is 29.8 Å². The van der Waals surface area contributed by atoms with Crippen LogP contribution in [0.3, 0.4) is 0 Å². The smallest absolute Gasteiger partial charge is 0.344 e. The highest BCUT2D eigenvalue weighted by Crippen LogP contribution is 2.32. The molecule has 0 aliphatic carbocycles. The lowest BCUT2D eigenvalue weighted by molar-refractivity contribution is -0.137. The van der Waals surface area contributed by atoms with Crippen molar-refractivity contribution in [3.63, 3.8) is 0 Å². The number of benzene rings is 3. The third-order valence-electron chi connectivity index (χ3n) is 5.46. The summed E-state index contributed by atoms with van der Waals surface area (Å²) in [5.74, 6) is -1.26. The standard InChI is InChI=1S/C29H25NO5/c1-3-34-25(31)19-24(20-13-7-5-8-14-20)30-23-18-12-11-17-22(23)28(32)26(29(33)35-4-2)27(30)21-15-9-6-10-16-21/h5-19H,3-4H2,1-2H3/b24-19-. The number of esters is 2. The molecule has 3 aromatic carbocycles. The van der Waals surface area contributed by atoms with Gasteiger partial charge in [-0.3, -0.25) is 4.79 Å². The molecule has 0 atom stereocenters. The SMILES string of the molecule is CCOC(=O)/C=C(/c1ccccc1)n1c(-c2ccccc2)c(C(=O)OCC)c(=O)c2ccccc21. The van der Waals surface area contributed by atoms with E-state index in [1.807, 2.05) is 66.7 Å². The predicted molar refractivity (Wildman–Crippen MR) is 136 cm³/mol. The van der Waals surface area contributed by atoms with E-state index in [0.29, 0.717) is 33.4 Å². The highest BCUT2D eigenvalue weighted by Gasteiger charge is 2.26. The molecule has 0 unspecified atom stereocenters. The number of hydrogen-bond donors (Lipinski definition) is 0. The molecule has 6 heteroatoms. The fourth-order valence-electron chi connectivity index (χ4n) is 4.03. The average Bonchev–Trinajstić information content (AvgIpc) is 2.89. The minimum Gasteiger partial charge on any atom is -0.463 e. The molecule has 35 heavy (non-hydrogen) atoms. The van der Waals surface area contributed by atoms with Crippen molar-refractivity contribution in [2.75, 3.05) is 13.2 Å². The lowest BCUT2D eigenvalue weighted by atomic mass is 9.99. The molecule has 0 N–H and O–H groups in total. The van der Waals surface area contributed by atoms with Crippen molar-refractivity contribution in [3.8, 4) is 11.3 Å². The van der Waals surface area contributed by atoms with Gasteiger partial charge in [0.15, 0.2) is 0 Å². The average molecular weight is 468 g/mol. The van der Waals surface area contributed by atoms with Gasteiger partial charge in [0, 0.05) is 11.5 Å². The second kappa shape index (κ2) is 10.7. The Hall–Kier alpha value is -4.45. The van der Waals surface area contributed by atoms with Crippen LogP contribution in [0.2, 0.25) is 0 Å². The molecular formula is C29H25NO5. The summed E-state index contributed by atoms with van der Waals surface area (Å²) in [4.78, 5) is 39.5. The first kappa shape index (κ1) is 23.7. The molecule has 1 aromatic heterocycles. The van der Waals surface area contributed by atoms with Crippen LogP contribution in [0.5, 0.6) is 0 Å². The number of fused-ring (bicyclic) bond motifs is 1. The van der Waals surface area contributed by atoms with Gasteiger partial charge in [-0.1, -0.05) is 72.8 Å². The zero-order valence-electron chi connectivity index (χ0n) is 19.6. The molecule has 0 saturated carbocycles. The van der Waals surface area contributed by atoms with Crippen LogP contribution < -0.4 is 5.43 Å². The zero-order chi connectivity index (χ0) is 24.8. The van der Waals surface area contributed by atoms with E-state index in [2.05, 4.69) is 0 Å². The molecule has 0 aliphatic rings. The molecular weight excluding hydrogens is 442 g/mol. The first-order valence-corrected chi connectivity index (χ1v) is 11.4. The lowest BCUT2D eigenvalue weighted by Crippen LogP contribution is -2.24. The largest absolute Gasteiger partial charge is 0.463 e. The van der Waals surface area contributed by atoms with Gasteiger partial charge in [0.1, 0.15) is 5.56 Å². The van der Waals surface area contributed by atoms with E-state index in [1.165, 1.54) is 6.08 Å². The van der Waals surface area contributed by atoms with Crippen LogP contribution in [0.25, 0.3) is 27.9 Å². The predicted octanol–water partition coefficient (Wildman–Crippen LogP) is 5.30. The minimum absolute atomic E-state index is 0.0950. The molecule has 0 aliphatic heterocycles. The second-order valence-corrected chi connectivity index (χ2v) is 7.64. The Labute approximate surface area is 203 Å². The third kappa shape index (κ3) is 4.77. The maximum Gasteiger partial charge on any atom is 0.344 e. The van der Waals surface area contributed by atoms with Gasteiger partial charge in [-0.2, -0.15) is 0 Å². The van der Waals surface area contributed by atoms with Gasteiger partial charge < -0.3 is 14.0 Å². The van der Waals surface area contributed by atoms with Crippen LogP contribution in [-0.2, 0) is 14.3 Å². The molecule has 1 heterocycles. The van der Waals surface area contributed by atoms with Gasteiger partial charge in [-0.25, -0.2) is 9.59 Å². The fraction of sp³-hybridized carbons (Fsp3) is 0.138. The molecule has 0 radical (unpaired) electrons. The van der Waals surface area contributed by atoms with E-state index >= 15 is 0 Å². The Morgan fingerprint density at radius 3 is 2.06 bits per heavy atom. The van der Waals surface area contributed by atoms with Crippen molar-refractivity contribution in [1.29, 1.82) is 0 Å². The number of ether oxygens (including phenoxy) is 2. The van der Waals surface area contributed by atoms with Crippen LogP contribution in [0.4, 0.5) is 0 Å². The molecule has 0 bridgehead atoms. The van der Waals surface area contributed by atoms with E-state index in [9.17, 15) is 14.4 Å². The van der Waals surface area contributed by atoms with Crippen LogP contribution in [0, 0.1) is 0 Å². The maximum atomic E-state index is 13.6. The summed E-state index contributed by atoms with van der Waals surface area (Å²) in [5, 5.41) is 0.334. The first-order chi connectivity index (χ1) is 17.1. The van der Waals surface area contributed by atoms with E-state index in [-0.39, 0.29) is 18.8 Å². The number of para-hydroxylation sites is 1. The van der Waals surface area contributed by atoms with Crippen molar-refractivity contribution >= 4 is 28.5 Å². The summed E-state index contributed by atoms with van der Waals surface area (Å²) in [5.41, 5.74) is 2.16. The van der Waals surface area contributed by atoms with Crippen LogP contribution in [0.15, 0.2) is 95.8 Å². The highest BCUT2D eigenvalue weighted by molar-refractivity contribution is 6.04. The Morgan fingerprint density at radius 1 is 0.800 bits per heavy atom.